The van der Waals surface area contributed by atoms with E-state index >= 15 is 0 Å². The van der Waals surface area contributed by atoms with Gasteiger partial charge in [-0.1, -0.05) is 21.6 Å². The zero-order chi connectivity index (χ0) is 18.9. The molecule has 5 unspecified atom stereocenters. The van der Waals surface area contributed by atoms with Crippen molar-refractivity contribution in [1.82, 2.24) is 19.7 Å². The zero-order valence-corrected chi connectivity index (χ0v) is 15.9. The summed E-state index contributed by atoms with van der Waals surface area (Å²) in [6, 6.07) is -1.78. The fourth-order valence-corrected chi connectivity index (χ4v) is 4.19. The lowest BCUT2D eigenvalue weighted by molar-refractivity contribution is -0.111. The summed E-state index contributed by atoms with van der Waals surface area (Å²) >= 11 is 2.91. The van der Waals surface area contributed by atoms with E-state index in [4.69, 9.17) is 4.74 Å². The summed E-state index contributed by atoms with van der Waals surface area (Å²) in [5.74, 6) is 0.953. The van der Waals surface area contributed by atoms with Crippen LogP contribution in [0.4, 0.5) is 0 Å². The van der Waals surface area contributed by atoms with E-state index in [1.54, 1.807) is 17.8 Å². The average Bonchev–Trinajstić information content (AvgIpc) is 3.17. The van der Waals surface area contributed by atoms with E-state index in [2.05, 4.69) is 32.0 Å². The lowest BCUT2D eigenvalue weighted by atomic mass is 9.95. The van der Waals surface area contributed by atoms with Crippen LogP contribution < -0.4 is 4.72 Å². The van der Waals surface area contributed by atoms with Gasteiger partial charge in [0.25, 0.3) is 0 Å². The van der Waals surface area contributed by atoms with Crippen molar-refractivity contribution in [3.63, 3.8) is 0 Å². The fourth-order valence-electron chi connectivity index (χ4n) is 2.68. The Balaban J connectivity index is 2.14. The molecular weight excluding hydrogens is 380 g/mol. The third kappa shape index (κ3) is 5.10. The third-order valence-electron chi connectivity index (χ3n) is 4.04. The van der Waals surface area contributed by atoms with Gasteiger partial charge in [0, 0.05) is 12.2 Å². The summed E-state index contributed by atoms with van der Waals surface area (Å²) < 4.78 is 10.3. The number of nitrogens with one attached hydrogen (secondary N) is 1. The van der Waals surface area contributed by atoms with Crippen molar-refractivity contribution < 1.29 is 9.84 Å². The molecule has 1 aromatic heterocycles. The molecule has 2 heterocycles. The molecule has 1 fully saturated rings. The number of hydrogen-bond acceptors (Lipinski definition) is 11. The van der Waals surface area contributed by atoms with Gasteiger partial charge < -0.3 is 9.84 Å². The van der Waals surface area contributed by atoms with Crippen LogP contribution >= 0.6 is 23.7 Å². The molecule has 0 bridgehead atoms. The third-order valence-corrected chi connectivity index (χ3v) is 5.75. The van der Waals surface area contributed by atoms with Gasteiger partial charge >= 0.3 is 0 Å². The van der Waals surface area contributed by atoms with Crippen LogP contribution in [0.15, 0.2) is 35.4 Å². The molecule has 0 spiro atoms. The normalized spacial score (nSPS) is 29.8. The molecule has 1 aliphatic heterocycles. The van der Waals surface area contributed by atoms with Gasteiger partial charge in [-0.05, 0) is 30.4 Å². The molecule has 1 aromatic rings. The quantitative estimate of drug-likeness (QED) is 0.320. The molecule has 0 amide bonds. The van der Waals surface area contributed by atoms with Crippen LogP contribution in [0.1, 0.15) is 12.5 Å². The molecule has 0 aliphatic carbocycles. The number of nitrogens with zero attached hydrogens (tertiary/aromatic N) is 5. The van der Waals surface area contributed by atoms with E-state index in [0.717, 1.165) is 12.2 Å². The number of aromatic nitrogens is 3. The summed E-state index contributed by atoms with van der Waals surface area (Å²) in [6.45, 7) is 3.55. The van der Waals surface area contributed by atoms with Crippen molar-refractivity contribution >= 4 is 23.7 Å². The van der Waals surface area contributed by atoms with Crippen molar-refractivity contribution in [3.8, 4) is 0 Å². The number of hydrogen-bond donors (Lipinski definition) is 2. The maximum Gasteiger partial charge on any atom is 0.145 e. The largest absolute Gasteiger partial charge is 0.387 e. The van der Waals surface area contributed by atoms with Crippen molar-refractivity contribution in [1.29, 1.82) is 0 Å². The van der Waals surface area contributed by atoms with Gasteiger partial charge in [-0.3, -0.25) is 4.72 Å². The Morgan fingerprint density at radius 2 is 2.35 bits per heavy atom. The minimum absolute atomic E-state index is 0.0256. The predicted octanol–water partition coefficient (Wildman–Crippen LogP) is 1.35. The standard InChI is InChI=1S/C14H22N6O4S2/c1-3-9(4-7-25-2)18-26-14-13(21)12(20-6-5-15-19-20)11(17-23)10(24-14)8-16-22/h3,5-6,9-14,18,21H,1,4,7-8H2,2H3/t9-,10?,11?,12?,13?,14?/m1/s1. The lowest BCUT2D eigenvalue weighted by Gasteiger charge is -2.41. The van der Waals surface area contributed by atoms with E-state index in [-0.39, 0.29) is 12.6 Å². The molecule has 26 heavy (non-hydrogen) atoms. The highest BCUT2D eigenvalue weighted by atomic mass is 32.2. The number of ether oxygens (including phenoxy) is 1. The molecule has 12 heteroatoms. The maximum atomic E-state index is 11.3. The number of rotatable bonds is 11. The molecule has 0 saturated carbocycles. The second-order valence-corrected chi connectivity index (χ2v) is 7.60. The summed E-state index contributed by atoms with van der Waals surface area (Å²) in [4.78, 5) is 22.1. The number of aliphatic hydroxyl groups is 1. The second kappa shape index (κ2) is 10.7. The topological polar surface area (TPSA) is 131 Å². The molecule has 2 rings (SSSR count). The number of thioether (sulfide) groups is 1. The molecule has 0 aromatic carbocycles. The first-order valence-corrected chi connectivity index (χ1v) is 10.3. The van der Waals surface area contributed by atoms with E-state index in [9.17, 15) is 14.9 Å². The Labute approximate surface area is 159 Å². The van der Waals surface area contributed by atoms with E-state index in [0.29, 0.717) is 0 Å². The van der Waals surface area contributed by atoms with Gasteiger partial charge in [0.05, 0.1) is 6.20 Å². The van der Waals surface area contributed by atoms with Gasteiger partial charge in [0.2, 0.25) is 0 Å². The van der Waals surface area contributed by atoms with E-state index < -0.39 is 29.7 Å². The second-order valence-electron chi connectivity index (χ2n) is 5.67. The minimum atomic E-state index is -1.09. The Hall–Kier alpha value is -1.34. The van der Waals surface area contributed by atoms with Crippen LogP contribution in [0.2, 0.25) is 0 Å². The van der Waals surface area contributed by atoms with Gasteiger partial charge in [-0.15, -0.1) is 11.7 Å². The van der Waals surface area contributed by atoms with Crippen LogP contribution in [-0.2, 0) is 4.74 Å². The van der Waals surface area contributed by atoms with Gasteiger partial charge in [0.15, 0.2) is 0 Å². The molecule has 10 nitrogen and oxygen atoms in total. The average molecular weight is 403 g/mol. The Morgan fingerprint density at radius 1 is 1.54 bits per heavy atom. The number of aliphatic hydroxyl groups excluding tert-OH is 1. The predicted molar refractivity (Wildman–Crippen MR) is 102 cm³/mol. The van der Waals surface area contributed by atoms with Crippen molar-refractivity contribution in [2.24, 2.45) is 10.4 Å². The first-order chi connectivity index (χ1) is 12.7. The van der Waals surface area contributed by atoms with Crippen LogP contribution in [-0.4, -0.2) is 68.4 Å². The minimum Gasteiger partial charge on any atom is -0.387 e. The van der Waals surface area contributed by atoms with Crippen molar-refractivity contribution in [2.45, 2.75) is 42.2 Å². The van der Waals surface area contributed by atoms with E-state index in [1.807, 2.05) is 6.26 Å². The number of nitroso groups, excluding NO2 is 2. The Morgan fingerprint density at radius 3 is 2.92 bits per heavy atom. The zero-order valence-electron chi connectivity index (χ0n) is 14.2. The highest BCUT2D eigenvalue weighted by molar-refractivity contribution is 7.98. The highest BCUT2D eigenvalue weighted by Gasteiger charge is 2.48. The van der Waals surface area contributed by atoms with Crippen LogP contribution in [0.5, 0.6) is 0 Å². The summed E-state index contributed by atoms with van der Waals surface area (Å²) in [5, 5.41) is 24.2. The maximum absolute atomic E-state index is 11.3. The Bertz CT molecular complexity index is 578. The van der Waals surface area contributed by atoms with Gasteiger partial charge in [-0.2, -0.15) is 21.6 Å². The molecule has 144 valence electrons. The lowest BCUT2D eigenvalue weighted by Crippen LogP contribution is -2.54. The molecule has 6 atom stereocenters. The molecule has 2 N–H and O–H groups in total. The first kappa shape index (κ1) is 21.0. The highest BCUT2D eigenvalue weighted by Crippen LogP contribution is 2.35. The SMILES string of the molecule is C=C[C@H](CCSC)NSC1OC(CN=O)C(N=O)C(n2ccnn2)C1O. The smallest absolute Gasteiger partial charge is 0.145 e. The molecular formula is C14H22N6O4S2. The molecule has 1 saturated heterocycles. The monoisotopic (exact) mass is 402 g/mol. The van der Waals surface area contributed by atoms with Gasteiger partial charge in [-0.25, -0.2) is 4.68 Å². The Kier molecular flexibility index (Phi) is 8.65. The molecule has 1 aliphatic rings. The van der Waals surface area contributed by atoms with Crippen LogP contribution in [0.3, 0.4) is 0 Å². The summed E-state index contributed by atoms with van der Waals surface area (Å²) in [7, 11) is 0. The summed E-state index contributed by atoms with van der Waals surface area (Å²) in [6.07, 6.45) is 5.70. The van der Waals surface area contributed by atoms with Gasteiger partial charge in [0.1, 0.15) is 36.3 Å². The first-order valence-electron chi connectivity index (χ1n) is 7.99. The fraction of sp³-hybridized carbons (Fsp3) is 0.714. The van der Waals surface area contributed by atoms with Crippen molar-refractivity contribution in [2.75, 3.05) is 18.6 Å². The van der Waals surface area contributed by atoms with E-state index in [1.165, 1.54) is 29.0 Å². The van der Waals surface area contributed by atoms with Crippen molar-refractivity contribution in [3.05, 3.63) is 34.9 Å². The van der Waals surface area contributed by atoms with Crippen LogP contribution in [0.25, 0.3) is 0 Å². The molecule has 0 radical (unpaired) electrons. The van der Waals surface area contributed by atoms with Crippen LogP contribution in [0, 0.1) is 9.81 Å². The summed E-state index contributed by atoms with van der Waals surface area (Å²) in [5.41, 5.74) is -0.745.